The Bertz CT molecular complexity index is 545. The largest absolute Gasteiger partial charge is 0.439 e. The summed E-state index contributed by atoms with van der Waals surface area (Å²) in [5.41, 5.74) is 8.15. The van der Waals surface area contributed by atoms with E-state index in [-0.39, 0.29) is 0 Å². The van der Waals surface area contributed by atoms with E-state index in [0.717, 1.165) is 41.8 Å². The molecule has 0 bridgehead atoms. The summed E-state index contributed by atoms with van der Waals surface area (Å²) in [6.45, 7) is 4.14. The van der Waals surface area contributed by atoms with Gasteiger partial charge in [0.15, 0.2) is 5.58 Å². The second-order valence-corrected chi connectivity index (χ2v) is 5.04. The molecule has 0 aliphatic heterocycles. The first-order valence-corrected chi connectivity index (χ1v) is 6.65. The summed E-state index contributed by atoms with van der Waals surface area (Å²) in [6, 6.07) is 6.36. The Labute approximate surface area is 107 Å². The van der Waals surface area contributed by atoms with Gasteiger partial charge < -0.3 is 10.2 Å². The van der Waals surface area contributed by atoms with Gasteiger partial charge in [-0.25, -0.2) is 4.98 Å². The molecule has 1 saturated carbocycles. The lowest BCUT2D eigenvalue weighted by Gasteiger charge is -2.18. The SMILES string of the molecule is CCCN(Cc1nc2ccc(N)cc2o1)C1CC1. The second-order valence-electron chi connectivity index (χ2n) is 5.04. The lowest BCUT2D eigenvalue weighted by Crippen LogP contribution is -2.26. The van der Waals surface area contributed by atoms with Gasteiger partial charge in [-0.2, -0.15) is 0 Å². The van der Waals surface area contributed by atoms with Crippen LogP contribution in [0.2, 0.25) is 0 Å². The van der Waals surface area contributed by atoms with Gasteiger partial charge in [-0.05, 0) is 37.9 Å². The fourth-order valence-corrected chi connectivity index (χ4v) is 2.35. The summed E-state index contributed by atoms with van der Waals surface area (Å²) >= 11 is 0. The number of fused-ring (bicyclic) bond motifs is 1. The maximum Gasteiger partial charge on any atom is 0.209 e. The van der Waals surface area contributed by atoms with Crippen molar-refractivity contribution in [3.05, 3.63) is 24.1 Å². The number of oxazole rings is 1. The van der Waals surface area contributed by atoms with Crippen LogP contribution >= 0.6 is 0 Å². The number of rotatable bonds is 5. The Morgan fingerprint density at radius 2 is 2.28 bits per heavy atom. The summed E-state index contributed by atoms with van der Waals surface area (Å²) in [5, 5.41) is 0. The predicted molar refractivity (Wildman–Crippen MR) is 72.1 cm³/mol. The number of nitrogens with zero attached hydrogens (tertiary/aromatic N) is 2. The van der Waals surface area contributed by atoms with Crippen LogP contribution in [-0.4, -0.2) is 22.5 Å². The average Bonchev–Trinajstić information content (AvgIpc) is 3.10. The van der Waals surface area contributed by atoms with E-state index < -0.39 is 0 Å². The zero-order chi connectivity index (χ0) is 12.5. The van der Waals surface area contributed by atoms with E-state index in [1.165, 1.54) is 19.3 Å². The molecule has 0 atom stereocenters. The molecule has 0 radical (unpaired) electrons. The van der Waals surface area contributed by atoms with Gasteiger partial charge in [-0.1, -0.05) is 6.92 Å². The van der Waals surface area contributed by atoms with Crippen molar-refractivity contribution in [1.82, 2.24) is 9.88 Å². The van der Waals surface area contributed by atoms with E-state index in [1.54, 1.807) is 0 Å². The first kappa shape index (κ1) is 11.5. The molecule has 1 aromatic heterocycles. The number of nitrogens with two attached hydrogens (primary N) is 1. The fourth-order valence-electron chi connectivity index (χ4n) is 2.35. The Morgan fingerprint density at radius 3 is 3.00 bits per heavy atom. The lowest BCUT2D eigenvalue weighted by molar-refractivity contribution is 0.232. The topological polar surface area (TPSA) is 55.3 Å². The number of anilines is 1. The molecule has 1 aliphatic carbocycles. The minimum absolute atomic E-state index is 0.720. The maximum atomic E-state index is 5.77. The summed E-state index contributed by atoms with van der Waals surface area (Å²) in [4.78, 5) is 6.99. The standard InChI is InChI=1S/C14H19N3O/c1-2-7-17(11-4-5-11)9-14-16-12-6-3-10(15)8-13(12)18-14/h3,6,8,11H,2,4-5,7,9,15H2,1H3. The van der Waals surface area contributed by atoms with Gasteiger partial charge in [0.1, 0.15) is 5.52 Å². The first-order chi connectivity index (χ1) is 8.76. The van der Waals surface area contributed by atoms with Crippen molar-refractivity contribution in [2.24, 2.45) is 0 Å². The van der Waals surface area contributed by atoms with Crippen LogP contribution in [0.25, 0.3) is 11.1 Å². The Morgan fingerprint density at radius 1 is 1.44 bits per heavy atom. The molecular formula is C14H19N3O. The van der Waals surface area contributed by atoms with Crippen LogP contribution in [0, 0.1) is 0 Å². The summed E-state index contributed by atoms with van der Waals surface area (Å²) in [7, 11) is 0. The normalized spacial score (nSPS) is 15.7. The summed E-state index contributed by atoms with van der Waals surface area (Å²) < 4.78 is 5.77. The van der Waals surface area contributed by atoms with Crippen LogP contribution in [0.1, 0.15) is 32.1 Å². The van der Waals surface area contributed by atoms with Crippen molar-refractivity contribution < 1.29 is 4.42 Å². The highest BCUT2D eigenvalue weighted by Crippen LogP contribution is 2.29. The first-order valence-electron chi connectivity index (χ1n) is 6.65. The van der Waals surface area contributed by atoms with Crippen LogP contribution in [-0.2, 0) is 6.54 Å². The van der Waals surface area contributed by atoms with E-state index in [2.05, 4.69) is 16.8 Å². The van der Waals surface area contributed by atoms with Crippen LogP contribution in [0.4, 0.5) is 5.69 Å². The quantitative estimate of drug-likeness (QED) is 0.823. The number of nitrogen functional groups attached to an aromatic ring is 1. The third kappa shape index (κ3) is 2.34. The Balaban J connectivity index is 1.80. The third-order valence-electron chi connectivity index (χ3n) is 3.37. The van der Waals surface area contributed by atoms with Crippen LogP contribution in [0.5, 0.6) is 0 Å². The third-order valence-corrected chi connectivity index (χ3v) is 3.37. The second kappa shape index (κ2) is 4.61. The minimum atomic E-state index is 0.720. The highest BCUT2D eigenvalue weighted by Gasteiger charge is 2.29. The monoisotopic (exact) mass is 245 g/mol. The number of aromatic nitrogens is 1. The molecule has 1 aromatic carbocycles. The number of hydrogen-bond donors (Lipinski definition) is 1. The highest BCUT2D eigenvalue weighted by molar-refractivity contribution is 5.76. The van der Waals surface area contributed by atoms with Crippen LogP contribution in [0.15, 0.2) is 22.6 Å². The van der Waals surface area contributed by atoms with Gasteiger partial charge in [0.2, 0.25) is 5.89 Å². The molecular weight excluding hydrogens is 226 g/mol. The Kier molecular flexibility index (Phi) is 2.96. The molecule has 1 heterocycles. The van der Waals surface area contributed by atoms with Crippen LogP contribution < -0.4 is 5.73 Å². The lowest BCUT2D eigenvalue weighted by atomic mass is 10.3. The van der Waals surface area contributed by atoms with Crippen molar-refractivity contribution >= 4 is 16.8 Å². The molecule has 4 heteroatoms. The zero-order valence-electron chi connectivity index (χ0n) is 10.7. The molecule has 96 valence electrons. The molecule has 0 spiro atoms. The smallest absolute Gasteiger partial charge is 0.209 e. The van der Waals surface area contributed by atoms with Gasteiger partial charge in [-0.15, -0.1) is 0 Å². The van der Waals surface area contributed by atoms with Gasteiger partial charge >= 0.3 is 0 Å². The summed E-state index contributed by atoms with van der Waals surface area (Å²) in [5.74, 6) is 0.802. The molecule has 2 N–H and O–H groups in total. The van der Waals surface area contributed by atoms with Crippen molar-refractivity contribution in [2.45, 2.75) is 38.8 Å². The van der Waals surface area contributed by atoms with Crippen molar-refractivity contribution in [3.63, 3.8) is 0 Å². The molecule has 3 rings (SSSR count). The van der Waals surface area contributed by atoms with E-state index >= 15 is 0 Å². The molecule has 1 aliphatic rings. The summed E-state index contributed by atoms with van der Waals surface area (Å²) in [6.07, 6.45) is 3.80. The number of benzene rings is 1. The van der Waals surface area contributed by atoms with Gasteiger partial charge in [0.05, 0.1) is 6.54 Å². The van der Waals surface area contributed by atoms with Crippen molar-refractivity contribution in [3.8, 4) is 0 Å². The van der Waals surface area contributed by atoms with Gasteiger partial charge in [0.25, 0.3) is 0 Å². The van der Waals surface area contributed by atoms with Gasteiger partial charge in [-0.3, -0.25) is 4.90 Å². The van der Waals surface area contributed by atoms with E-state index in [0.29, 0.717) is 0 Å². The molecule has 18 heavy (non-hydrogen) atoms. The van der Waals surface area contributed by atoms with E-state index in [1.807, 2.05) is 18.2 Å². The average molecular weight is 245 g/mol. The molecule has 0 amide bonds. The molecule has 0 unspecified atom stereocenters. The molecule has 2 aromatic rings. The van der Waals surface area contributed by atoms with Crippen molar-refractivity contribution in [1.29, 1.82) is 0 Å². The van der Waals surface area contributed by atoms with E-state index in [9.17, 15) is 0 Å². The predicted octanol–water partition coefficient (Wildman–Crippen LogP) is 2.78. The maximum absolute atomic E-state index is 5.77. The minimum Gasteiger partial charge on any atom is -0.439 e. The zero-order valence-corrected chi connectivity index (χ0v) is 10.7. The van der Waals surface area contributed by atoms with Crippen LogP contribution in [0.3, 0.4) is 0 Å². The molecule has 4 nitrogen and oxygen atoms in total. The highest BCUT2D eigenvalue weighted by atomic mass is 16.3. The Hall–Kier alpha value is -1.55. The van der Waals surface area contributed by atoms with Gasteiger partial charge in [0, 0.05) is 17.8 Å². The van der Waals surface area contributed by atoms with Crippen molar-refractivity contribution in [2.75, 3.05) is 12.3 Å². The molecule has 1 fully saturated rings. The van der Waals surface area contributed by atoms with E-state index in [4.69, 9.17) is 10.2 Å². The fraction of sp³-hybridized carbons (Fsp3) is 0.500. The number of hydrogen-bond acceptors (Lipinski definition) is 4. The molecule has 0 saturated heterocycles.